The minimum atomic E-state index is -0.414. The van der Waals surface area contributed by atoms with Gasteiger partial charge in [0.1, 0.15) is 17.5 Å². The third-order valence-corrected chi connectivity index (χ3v) is 6.07. The van der Waals surface area contributed by atoms with E-state index in [0.717, 1.165) is 16.5 Å². The molecule has 0 fully saturated rings. The first kappa shape index (κ1) is 23.5. The van der Waals surface area contributed by atoms with Crippen LogP contribution in [0.5, 0.6) is 5.88 Å². The highest BCUT2D eigenvalue weighted by atomic mass is 16.5. The number of fused-ring (bicyclic) bond motifs is 1. The average molecular weight is 490 g/mol. The summed E-state index contributed by atoms with van der Waals surface area (Å²) in [5.41, 5.74) is 8.84. The van der Waals surface area contributed by atoms with Crippen molar-refractivity contribution >= 4 is 22.5 Å². The molecule has 5 rings (SSSR count). The molecule has 0 saturated heterocycles. The zero-order valence-electron chi connectivity index (χ0n) is 20.2. The molecule has 3 aromatic heterocycles. The number of nitriles is 1. The van der Waals surface area contributed by atoms with Crippen LogP contribution in [0.4, 0.5) is 11.8 Å². The van der Waals surface area contributed by atoms with Crippen molar-refractivity contribution in [2.24, 2.45) is 0 Å². The standard InChI is InChI=1S/C28H23N7O2/c1-17(33-26-20(15-29)16-32-28(30)34-26)23-13-19-7-6-10-22(18-11-12-31-24(14-18)37-2)25(19)27(36)35(23)21-8-4-3-5-9-21/h3-14,16-17H,1-2H3,(H3,30,32,33,34). The third kappa shape index (κ3) is 4.44. The number of ether oxygens (including phenoxy) is 1. The molecule has 2 aromatic carbocycles. The van der Waals surface area contributed by atoms with Crippen molar-refractivity contribution in [2.45, 2.75) is 13.0 Å². The van der Waals surface area contributed by atoms with Gasteiger partial charge >= 0.3 is 0 Å². The maximum absolute atomic E-state index is 14.2. The number of pyridine rings is 2. The van der Waals surface area contributed by atoms with Crippen molar-refractivity contribution in [3.63, 3.8) is 0 Å². The van der Waals surface area contributed by atoms with Crippen LogP contribution in [0, 0.1) is 11.3 Å². The molecule has 3 heterocycles. The topological polar surface area (TPSA) is 132 Å². The van der Waals surface area contributed by atoms with Gasteiger partial charge in [0.05, 0.1) is 24.7 Å². The fourth-order valence-corrected chi connectivity index (χ4v) is 4.34. The van der Waals surface area contributed by atoms with Crippen molar-refractivity contribution < 1.29 is 4.74 Å². The highest BCUT2D eigenvalue weighted by Gasteiger charge is 2.20. The van der Waals surface area contributed by atoms with Crippen LogP contribution in [0.3, 0.4) is 0 Å². The Balaban J connectivity index is 1.74. The first-order valence-corrected chi connectivity index (χ1v) is 11.5. The predicted octanol–water partition coefficient (Wildman–Crippen LogP) is 4.48. The molecule has 182 valence electrons. The Kier molecular flexibility index (Phi) is 6.22. The lowest BCUT2D eigenvalue weighted by Crippen LogP contribution is -2.26. The molecule has 9 nitrogen and oxygen atoms in total. The smallest absolute Gasteiger partial charge is 0.263 e. The number of para-hydroxylation sites is 1. The molecular formula is C28H23N7O2. The van der Waals surface area contributed by atoms with Crippen molar-refractivity contribution in [2.75, 3.05) is 18.2 Å². The second kappa shape index (κ2) is 9.79. The number of benzene rings is 2. The molecule has 5 aromatic rings. The fourth-order valence-electron chi connectivity index (χ4n) is 4.34. The molecule has 0 radical (unpaired) electrons. The Morgan fingerprint density at radius 2 is 1.89 bits per heavy atom. The highest BCUT2D eigenvalue weighted by molar-refractivity contribution is 5.96. The Labute approximate surface area is 212 Å². The van der Waals surface area contributed by atoms with Crippen molar-refractivity contribution in [1.82, 2.24) is 19.5 Å². The van der Waals surface area contributed by atoms with Crippen LogP contribution in [0.25, 0.3) is 27.6 Å². The quantitative estimate of drug-likeness (QED) is 0.357. The van der Waals surface area contributed by atoms with Gasteiger partial charge in [-0.15, -0.1) is 0 Å². The number of hydrogen-bond acceptors (Lipinski definition) is 8. The normalized spacial score (nSPS) is 11.6. The summed E-state index contributed by atoms with van der Waals surface area (Å²) in [7, 11) is 1.56. The summed E-state index contributed by atoms with van der Waals surface area (Å²) >= 11 is 0. The molecule has 0 aliphatic carbocycles. The van der Waals surface area contributed by atoms with Gasteiger partial charge in [-0.2, -0.15) is 10.2 Å². The van der Waals surface area contributed by atoms with Crippen LogP contribution < -0.4 is 21.3 Å². The molecule has 3 N–H and O–H groups in total. The van der Waals surface area contributed by atoms with Crippen molar-refractivity contribution in [3.8, 4) is 28.8 Å². The summed E-state index contributed by atoms with van der Waals surface area (Å²) in [5.74, 6) is 0.808. The van der Waals surface area contributed by atoms with Gasteiger partial charge in [0.2, 0.25) is 11.8 Å². The van der Waals surface area contributed by atoms with Crippen LogP contribution in [-0.4, -0.2) is 26.6 Å². The summed E-state index contributed by atoms with van der Waals surface area (Å²) in [4.78, 5) is 26.5. The molecule has 1 unspecified atom stereocenters. The number of nitrogens with two attached hydrogens (primary N) is 1. The van der Waals surface area contributed by atoms with E-state index in [4.69, 9.17) is 10.5 Å². The molecule has 0 aliphatic rings. The van der Waals surface area contributed by atoms with Crippen LogP contribution in [0.2, 0.25) is 0 Å². The number of rotatable bonds is 6. The zero-order valence-corrected chi connectivity index (χ0v) is 20.2. The van der Waals surface area contributed by atoms with Gasteiger partial charge in [0.25, 0.3) is 5.56 Å². The number of nitrogens with one attached hydrogen (secondary N) is 1. The van der Waals surface area contributed by atoms with E-state index in [1.807, 2.05) is 73.7 Å². The Hall–Kier alpha value is -5.23. The maximum atomic E-state index is 14.2. The van der Waals surface area contributed by atoms with E-state index < -0.39 is 6.04 Å². The molecule has 0 amide bonds. The molecule has 1 atom stereocenters. The lowest BCUT2D eigenvalue weighted by atomic mass is 9.98. The third-order valence-electron chi connectivity index (χ3n) is 6.07. The average Bonchev–Trinajstić information content (AvgIpc) is 2.93. The van der Waals surface area contributed by atoms with Gasteiger partial charge in [-0.25, -0.2) is 9.97 Å². The van der Waals surface area contributed by atoms with Crippen LogP contribution in [0.1, 0.15) is 24.2 Å². The molecule has 0 bridgehead atoms. The summed E-state index contributed by atoms with van der Waals surface area (Å²) < 4.78 is 6.98. The maximum Gasteiger partial charge on any atom is 0.263 e. The molecule has 0 aliphatic heterocycles. The summed E-state index contributed by atoms with van der Waals surface area (Å²) in [6.45, 7) is 1.90. The molecule has 0 saturated carbocycles. The second-order valence-corrected chi connectivity index (χ2v) is 8.37. The minimum absolute atomic E-state index is 0.0464. The Bertz CT molecular complexity index is 1710. The summed E-state index contributed by atoms with van der Waals surface area (Å²) in [6.07, 6.45) is 3.03. The number of nitrogen functional groups attached to an aromatic ring is 1. The molecular weight excluding hydrogens is 466 g/mol. The highest BCUT2D eigenvalue weighted by Crippen LogP contribution is 2.31. The van der Waals surface area contributed by atoms with E-state index >= 15 is 0 Å². The SMILES string of the molecule is COc1cc(-c2cccc3cc(C(C)Nc4nc(N)ncc4C#N)n(-c4ccccc4)c(=O)c23)ccn1. The minimum Gasteiger partial charge on any atom is -0.481 e. The first-order valence-electron chi connectivity index (χ1n) is 11.5. The van der Waals surface area contributed by atoms with Crippen LogP contribution in [-0.2, 0) is 0 Å². The van der Waals surface area contributed by atoms with Gasteiger partial charge in [-0.05, 0) is 47.7 Å². The van der Waals surface area contributed by atoms with E-state index in [0.29, 0.717) is 28.5 Å². The molecule has 37 heavy (non-hydrogen) atoms. The Morgan fingerprint density at radius 1 is 1.08 bits per heavy atom. The molecule has 9 heteroatoms. The number of nitrogens with zero attached hydrogens (tertiary/aromatic N) is 5. The zero-order chi connectivity index (χ0) is 25.9. The Morgan fingerprint density at radius 3 is 2.65 bits per heavy atom. The largest absolute Gasteiger partial charge is 0.481 e. The van der Waals surface area contributed by atoms with E-state index in [9.17, 15) is 10.1 Å². The van der Waals surface area contributed by atoms with Gasteiger partial charge in [-0.1, -0.05) is 36.4 Å². The lowest BCUT2D eigenvalue weighted by Gasteiger charge is -2.22. The van der Waals surface area contributed by atoms with Crippen molar-refractivity contribution in [1.29, 1.82) is 5.26 Å². The van der Waals surface area contributed by atoms with Gasteiger partial charge in [-0.3, -0.25) is 9.36 Å². The number of methoxy groups -OCH3 is 1. The van der Waals surface area contributed by atoms with Crippen LogP contribution in [0.15, 0.2) is 83.9 Å². The van der Waals surface area contributed by atoms with E-state index in [1.165, 1.54) is 6.20 Å². The van der Waals surface area contributed by atoms with Crippen molar-refractivity contribution in [3.05, 3.63) is 101 Å². The number of hydrogen-bond donors (Lipinski definition) is 2. The van der Waals surface area contributed by atoms with Gasteiger partial charge in [0, 0.05) is 23.6 Å². The van der Waals surface area contributed by atoms with Gasteiger partial charge in [0.15, 0.2) is 0 Å². The number of anilines is 2. The van der Waals surface area contributed by atoms with Crippen LogP contribution >= 0.6 is 0 Å². The molecule has 0 spiro atoms. The fraction of sp³-hybridized carbons (Fsp3) is 0.107. The van der Waals surface area contributed by atoms with E-state index in [1.54, 1.807) is 17.9 Å². The monoisotopic (exact) mass is 489 g/mol. The van der Waals surface area contributed by atoms with Gasteiger partial charge < -0.3 is 15.8 Å². The lowest BCUT2D eigenvalue weighted by molar-refractivity contribution is 0.398. The van der Waals surface area contributed by atoms with E-state index in [2.05, 4.69) is 26.3 Å². The summed E-state index contributed by atoms with van der Waals surface area (Å²) in [6, 6.07) is 22.5. The number of aromatic nitrogens is 4. The van der Waals surface area contributed by atoms with E-state index in [-0.39, 0.29) is 17.1 Å². The predicted molar refractivity (Wildman–Crippen MR) is 143 cm³/mol. The summed E-state index contributed by atoms with van der Waals surface area (Å²) in [5, 5.41) is 14.1. The second-order valence-electron chi connectivity index (χ2n) is 8.37. The first-order chi connectivity index (χ1) is 18.0.